The molecule has 1 atom stereocenters. The van der Waals surface area contributed by atoms with Gasteiger partial charge in [-0.2, -0.15) is 13.2 Å². The number of nitrogens with two attached hydrogens (primary N) is 1. The van der Waals surface area contributed by atoms with Crippen LogP contribution in [0.5, 0.6) is 0 Å². The molecule has 0 radical (unpaired) electrons. The van der Waals surface area contributed by atoms with E-state index >= 15 is 0 Å². The first kappa shape index (κ1) is 14.5. The van der Waals surface area contributed by atoms with Crippen molar-refractivity contribution >= 4 is 0 Å². The van der Waals surface area contributed by atoms with Gasteiger partial charge >= 0.3 is 6.18 Å². The first-order valence-corrected chi connectivity index (χ1v) is 6.08. The summed E-state index contributed by atoms with van der Waals surface area (Å²) >= 11 is 0. The Kier molecular flexibility index (Phi) is 3.56. The van der Waals surface area contributed by atoms with Crippen molar-refractivity contribution in [2.45, 2.75) is 33.0 Å². The van der Waals surface area contributed by atoms with Crippen molar-refractivity contribution in [3.05, 3.63) is 40.7 Å². The van der Waals surface area contributed by atoms with Crippen LogP contribution in [0, 0.1) is 13.8 Å². The highest BCUT2D eigenvalue weighted by Gasteiger charge is 2.32. The van der Waals surface area contributed by atoms with E-state index in [1.807, 2.05) is 0 Å². The molecule has 20 heavy (non-hydrogen) atoms. The Labute approximate surface area is 114 Å². The third-order valence-electron chi connectivity index (χ3n) is 3.13. The van der Waals surface area contributed by atoms with Gasteiger partial charge in [-0.3, -0.25) is 0 Å². The summed E-state index contributed by atoms with van der Waals surface area (Å²) in [5.41, 5.74) is 6.76. The van der Waals surface area contributed by atoms with Crippen LogP contribution in [0.1, 0.15) is 35.5 Å². The zero-order valence-electron chi connectivity index (χ0n) is 11.4. The third-order valence-corrected chi connectivity index (χ3v) is 3.13. The summed E-state index contributed by atoms with van der Waals surface area (Å²) in [6.07, 6.45) is -4.39. The molecule has 0 saturated carbocycles. The van der Waals surface area contributed by atoms with Crippen LogP contribution in [0.25, 0.3) is 5.69 Å². The largest absolute Gasteiger partial charge is 0.416 e. The molecular formula is C13H15F3N4. The lowest BCUT2D eigenvalue weighted by Crippen LogP contribution is -2.10. The average molecular weight is 284 g/mol. The van der Waals surface area contributed by atoms with E-state index in [-0.39, 0.29) is 11.6 Å². The Hall–Kier alpha value is -1.89. The molecule has 1 aromatic heterocycles. The van der Waals surface area contributed by atoms with E-state index in [1.165, 1.54) is 17.7 Å². The number of alkyl halides is 3. The number of halogens is 3. The Morgan fingerprint density at radius 2 is 1.90 bits per heavy atom. The van der Waals surface area contributed by atoms with E-state index in [9.17, 15) is 13.2 Å². The highest BCUT2D eigenvalue weighted by molar-refractivity contribution is 5.42. The fourth-order valence-electron chi connectivity index (χ4n) is 2.05. The fourth-order valence-corrected chi connectivity index (χ4v) is 2.05. The average Bonchev–Trinajstić information content (AvgIpc) is 2.70. The second-order valence-electron chi connectivity index (χ2n) is 4.76. The molecule has 2 aromatic rings. The molecule has 0 amide bonds. The summed E-state index contributed by atoms with van der Waals surface area (Å²) < 4.78 is 40.1. The monoisotopic (exact) mass is 284 g/mol. The molecule has 0 bridgehead atoms. The Bertz CT molecular complexity index is 629. The molecule has 7 heteroatoms. The summed E-state index contributed by atoms with van der Waals surface area (Å²) in [5, 5.41) is 7.79. The number of aromatic nitrogens is 3. The molecule has 0 aliphatic rings. The maximum Gasteiger partial charge on any atom is 0.416 e. The standard InChI is InChI=1S/C13H15F3N4/c1-7-4-5-10(6-11(7)13(14,15)16)20-9(3)12(8(2)17)18-19-20/h4-6,8H,17H2,1-3H3. The van der Waals surface area contributed by atoms with Crippen molar-refractivity contribution in [3.8, 4) is 5.69 Å². The minimum atomic E-state index is -4.39. The van der Waals surface area contributed by atoms with Crippen molar-refractivity contribution < 1.29 is 13.2 Å². The quantitative estimate of drug-likeness (QED) is 0.922. The number of rotatable bonds is 2. The van der Waals surface area contributed by atoms with Crippen LogP contribution in [0.4, 0.5) is 13.2 Å². The molecular weight excluding hydrogens is 269 g/mol. The van der Waals surface area contributed by atoms with E-state index in [4.69, 9.17) is 5.73 Å². The van der Waals surface area contributed by atoms with E-state index in [2.05, 4.69) is 10.3 Å². The van der Waals surface area contributed by atoms with E-state index in [1.54, 1.807) is 19.9 Å². The van der Waals surface area contributed by atoms with Gasteiger partial charge in [-0.1, -0.05) is 11.3 Å². The second kappa shape index (κ2) is 4.90. The third kappa shape index (κ3) is 2.53. The summed E-state index contributed by atoms with van der Waals surface area (Å²) in [7, 11) is 0. The smallest absolute Gasteiger partial charge is 0.323 e. The Balaban J connectivity index is 2.55. The lowest BCUT2D eigenvalue weighted by molar-refractivity contribution is -0.138. The number of nitrogens with zero attached hydrogens (tertiary/aromatic N) is 3. The lowest BCUT2D eigenvalue weighted by atomic mass is 10.1. The zero-order chi connectivity index (χ0) is 15.1. The molecule has 0 aliphatic heterocycles. The van der Waals surface area contributed by atoms with E-state index in [0.29, 0.717) is 17.1 Å². The van der Waals surface area contributed by atoms with Crippen molar-refractivity contribution in [1.82, 2.24) is 15.0 Å². The van der Waals surface area contributed by atoms with Gasteiger partial charge in [0.1, 0.15) is 5.69 Å². The minimum Gasteiger partial charge on any atom is -0.323 e. The van der Waals surface area contributed by atoms with Gasteiger partial charge in [-0.25, -0.2) is 4.68 Å². The van der Waals surface area contributed by atoms with Gasteiger partial charge in [-0.05, 0) is 38.5 Å². The summed E-state index contributed by atoms with van der Waals surface area (Å²) in [6, 6.07) is 3.75. The molecule has 0 spiro atoms. The fraction of sp³-hybridized carbons (Fsp3) is 0.385. The van der Waals surface area contributed by atoms with Gasteiger partial charge in [0.25, 0.3) is 0 Å². The first-order chi connectivity index (χ1) is 9.21. The van der Waals surface area contributed by atoms with Crippen LogP contribution in [0.3, 0.4) is 0 Å². The molecule has 2 N–H and O–H groups in total. The minimum absolute atomic E-state index is 0.173. The van der Waals surface area contributed by atoms with Gasteiger partial charge in [0.05, 0.1) is 16.9 Å². The van der Waals surface area contributed by atoms with Crippen LogP contribution < -0.4 is 5.73 Å². The van der Waals surface area contributed by atoms with Crippen molar-refractivity contribution in [2.75, 3.05) is 0 Å². The molecule has 1 aromatic carbocycles. The first-order valence-electron chi connectivity index (χ1n) is 6.08. The van der Waals surface area contributed by atoms with Crippen LogP contribution in [-0.2, 0) is 6.18 Å². The Morgan fingerprint density at radius 1 is 1.25 bits per heavy atom. The van der Waals surface area contributed by atoms with Crippen molar-refractivity contribution in [3.63, 3.8) is 0 Å². The van der Waals surface area contributed by atoms with Gasteiger partial charge in [0.15, 0.2) is 0 Å². The predicted octanol–water partition coefficient (Wildman–Crippen LogP) is 2.92. The molecule has 108 valence electrons. The zero-order valence-corrected chi connectivity index (χ0v) is 11.4. The molecule has 0 aliphatic carbocycles. The molecule has 4 nitrogen and oxygen atoms in total. The van der Waals surface area contributed by atoms with Crippen molar-refractivity contribution in [1.29, 1.82) is 0 Å². The maximum absolute atomic E-state index is 12.9. The van der Waals surface area contributed by atoms with Gasteiger partial charge < -0.3 is 5.73 Å². The highest BCUT2D eigenvalue weighted by Crippen LogP contribution is 2.33. The molecule has 1 unspecified atom stereocenters. The summed E-state index contributed by atoms with van der Waals surface area (Å²) in [5.74, 6) is 0. The Morgan fingerprint density at radius 3 is 2.40 bits per heavy atom. The normalized spacial score (nSPS) is 13.6. The lowest BCUT2D eigenvalue weighted by Gasteiger charge is -2.12. The second-order valence-corrected chi connectivity index (χ2v) is 4.76. The highest BCUT2D eigenvalue weighted by atomic mass is 19.4. The summed E-state index contributed by atoms with van der Waals surface area (Å²) in [6.45, 7) is 4.90. The van der Waals surface area contributed by atoms with Crippen molar-refractivity contribution in [2.24, 2.45) is 5.73 Å². The van der Waals surface area contributed by atoms with E-state index in [0.717, 1.165) is 6.07 Å². The number of aryl methyl sites for hydroxylation is 1. The molecule has 0 fully saturated rings. The van der Waals surface area contributed by atoms with E-state index < -0.39 is 11.7 Å². The summed E-state index contributed by atoms with van der Waals surface area (Å²) in [4.78, 5) is 0. The molecule has 1 heterocycles. The van der Waals surface area contributed by atoms with Gasteiger partial charge in [0.2, 0.25) is 0 Å². The topological polar surface area (TPSA) is 56.7 Å². The molecule has 0 saturated heterocycles. The SMILES string of the molecule is Cc1ccc(-n2nnc(C(C)N)c2C)cc1C(F)(F)F. The van der Waals surface area contributed by atoms with Crippen LogP contribution in [-0.4, -0.2) is 15.0 Å². The van der Waals surface area contributed by atoms with Gasteiger partial charge in [-0.15, -0.1) is 5.10 Å². The van der Waals surface area contributed by atoms with Gasteiger partial charge in [0, 0.05) is 6.04 Å². The predicted molar refractivity (Wildman–Crippen MR) is 68.4 cm³/mol. The van der Waals surface area contributed by atoms with Crippen LogP contribution >= 0.6 is 0 Å². The maximum atomic E-state index is 12.9. The van der Waals surface area contributed by atoms with Crippen LogP contribution in [0.15, 0.2) is 18.2 Å². The van der Waals surface area contributed by atoms with Crippen LogP contribution in [0.2, 0.25) is 0 Å². The number of hydrogen-bond acceptors (Lipinski definition) is 3. The number of hydrogen-bond donors (Lipinski definition) is 1. The molecule has 2 rings (SSSR count). The number of benzene rings is 1.